The van der Waals surface area contributed by atoms with Crippen molar-refractivity contribution in [2.24, 2.45) is 0 Å². The molecule has 1 aromatic carbocycles. The summed E-state index contributed by atoms with van der Waals surface area (Å²) in [7, 11) is 0. The average Bonchev–Trinajstić information content (AvgIpc) is 3.34. The van der Waals surface area contributed by atoms with Gasteiger partial charge in [0.25, 0.3) is 0 Å². The molecule has 0 saturated carbocycles. The van der Waals surface area contributed by atoms with Gasteiger partial charge in [-0.15, -0.1) is 0 Å². The second-order valence-electron chi connectivity index (χ2n) is 6.46. The van der Waals surface area contributed by atoms with E-state index in [1.807, 2.05) is 0 Å². The summed E-state index contributed by atoms with van der Waals surface area (Å²) < 4.78 is 20.6. The predicted molar refractivity (Wildman–Crippen MR) is 91.8 cm³/mol. The molecule has 2 aromatic rings. The van der Waals surface area contributed by atoms with Crippen LogP contribution in [0.25, 0.3) is 0 Å². The maximum absolute atomic E-state index is 13.1. The van der Waals surface area contributed by atoms with E-state index in [0.717, 1.165) is 22.2 Å². The van der Waals surface area contributed by atoms with Gasteiger partial charge in [-0.1, -0.05) is 0 Å². The molecule has 142 valence electrons. The number of hydrogen-bond acceptors (Lipinski definition) is 5. The maximum atomic E-state index is 13.1. The smallest absolute Gasteiger partial charge is 0.365 e. The van der Waals surface area contributed by atoms with Crippen molar-refractivity contribution in [1.82, 2.24) is 19.7 Å². The summed E-state index contributed by atoms with van der Waals surface area (Å²) in [4.78, 5) is 42.2. The van der Waals surface area contributed by atoms with Crippen LogP contribution < -0.4 is 15.9 Å². The van der Waals surface area contributed by atoms with Crippen molar-refractivity contribution in [1.29, 1.82) is 0 Å². The van der Waals surface area contributed by atoms with Gasteiger partial charge in [-0.2, -0.15) is 9.67 Å². The average molecular weight is 375 g/mol. The largest absolute Gasteiger partial charge is 0.376 e. The first kappa shape index (κ1) is 17.4. The van der Waals surface area contributed by atoms with Gasteiger partial charge in [0.05, 0.1) is 12.6 Å². The Morgan fingerprint density at radius 1 is 1.30 bits per heavy atom. The van der Waals surface area contributed by atoms with Crippen LogP contribution in [0.1, 0.15) is 18.7 Å². The second kappa shape index (κ2) is 6.95. The molecule has 9 nitrogen and oxygen atoms in total. The van der Waals surface area contributed by atoms with Crippen molar-refractivity contribution in [2.45, 2.75) is 32.0 Å². The molecular weight excluding hydrogens is 357 g/mol. The number of fused-ring (bicyclic) bond motifs is 1. The number of nitrogens with zero attached hydrogens (tertiary/aromatic N) is 4. The van der Waals surface area contributed by atoms with Crippen molar-refractivity contribution >= 4 is 17.6 Å². The van der Waals surface area contributed by atoms with Crippen LogP contribution in [0, 0.1) is 5.82 Å². The highest BCUT2D eigenvalue weighted by molar-refractivity contribution is 5.95. The summed E-state index contributed by atoms with van der Waals surface area (Å²) in [6, 6.07) is 4.91. The van der Waals surface area contributed by atoms with Crippen LogP contribution >= 0.6 is 0 Å². The molecule has 0 spiro atoms. The number of benzene rings is 1. The summed E-state index contributed by atoms with van der Waals surface area (Å²) in [6.45, 7) is 0.805. The Bertz CT molecular complexity index is 930. The monoisotopic (exact) mass is 375 g/mol. The summed E-state index contributed by atoms with van der Waals surface area (Å²) in [5.74, 6) is -0.576. The van der Waals surface area contributed by atoms with Crippen LogP contribution in [-0.4, -0.2) is 45.5 Å². The van der Waals surface area contributed by atoms with Gasteiger partial charge in [0.15, 0.2) is 5.82 Å². The predicted octanol–water partition coefficient (Wildman–Crippen LogP) is 0.467. The lowest BCUT2D eigenvalue weighted by atomic mass is 10.2. The van der Waals surface area contributed by atoms with Crippen molar-refractivity contribution in [3.05, 3.63) is 46.4 Å². The van der Waals surface area contributed by atoms with Crippen LogP contribution in [0.2, 0.25) is 0 Å². The number of halogens is 1. The zero-order valence-electron chi connectivity index (χ0n) is 14.4. The molecule has 1 aromatic heterocycles. The lowest BCUT2D eigenvalue weighted by Gasteiger charge is -2.16. The zero-order valence-corrected chi connectivity index (χ0v) is 14.4. The fourth-order valence-corrected chi connectivity index (χ4v) is 3.27. The van der Waals surface area contributed by atoms with E-state index < -0.39 is 23.4 Å². The van der Waals surface area contributed by atoms with Gasteiger partial charge in [-0.3, -0.25) is 9.69 Å². The van der Waals surface area contributed by atoms with Crippen LogP contribution in [-0.2, 0) is 22.6 Å². The summed E-state index contributed by atoms with van der Waals surface area (Å²) in [5, 5.41) is 2.71. The Morgan fingerprint density at radius 2 is 2.07 bits per heavy atom. The van der Waals surface area contributed by atoms with Gasteiger partial charge < -0.3 is 10.1 Å². The van der Waals surface area contributed by atoms with Crippen LogP contribution in [0.4, 0.5) is 14.9 Å². The summed E-state index contributed by atoms with van der Waals surface area (Å²) in [6.07, 6.45) is 1.83. The minimum atomic E-state index is -0.663. The number of nitrogens with one attached hydrogen (secondary N) is 1. The Balaban J connectivity index is 1.48. The van der Waals surface area contributed by atoms with E-state index in [0.29, 0.717) is 18.8 Å². The lowest BCUT2D eigenvalue weighted by molar-refractivity contribution is -0.122. The van der Waals surface area contributed by atoms with E-state index in [-0.39, 0.29) is 25.0 Å². The molecule has 2 aliphatic heterocycles. The highest BCUT2D eigenvalue weighted by Crippen LogP contribution is 2.23. The summed E-state index contributed by atoms with van der Waals surface area (Å²) in [5.41, 5.74) is -0.182. The topological polar surface area (TPSA) is 98.5 Å². The highest BCUT2D eigenvalue weighted by Gasteiger charge is 2.33. The molecule has 2 amide bonds. The summed E-state index contributed by atoms with van der Waals surface area (Å²) >= 11 is 0. The van der Waals surface area contributed by atoms with Crippen molar-refractivity contribution in [2.75, 3.05) is 18.1 Å². The van der Waals surface area contributed by atoms with Crippen molar-refractivity contribution in [3.8, 4) is 0 Å². The Labute approximate surface area is 153 Å². The van der Waals surface area contributed by atoms with Crippen molar-refractivity contribution in [3.63, 3.8) is 0 Å². The van der Waals surface area contributed by atoms with Crippen LogP contribution in [0.5, 0.6) is 0 Å². The molecule has 1 saturated heterocycles. The van der Waals surface area contributed by atoms with Crippen LogP contribution in [0.15, 0.2) is 29.1 Å². The number of amides is 2. The van der Waals surface area contributed by atoms with Gasteiger partial charge in [0, 0.05) is 18.8 Å². The first-order valence-corrected chi connectivity index (χ1v) is 8.67. The first-order valence-electron chi connectivity index (χ1n) is 8.67. The van der Waals surface area contributed by atoms with E-state index in [4.69, 9.17) is 4.74 Å². The highest BCUT2D eigenvalue weighted by atomic mass is 19.1. The van der Waals surface area contributed by atoms with Gasteiger partial charge >= 0.3 is 11.7 Å². The zero-order chi connectivity index (χ0) is 19.0. The quantitative estimate of drug-likeness (QED) is 0.819. The molecule has 1 atom stereocenters. The van der Waals surface area contributed by atoms with E-state index in [1.165, 1.54) is 29.2 Å². The molecule has 3 heterocycles. The molecule has 1 fully saturated rings. The molecule has 0 bridgehead atoms. The Morgan fingerprint density at radius 3 is 2.78 bits per heavy atom. The van der Waals surface area contributed by atoms with Gasteiger partial charge in [-0.25, -0.2) is 18.7 Å². The SMILES string of the molecule is O=C(Cn1c(=O)nc2n1C(=O)N(c1ccc(F)cc1)C2)NCC1CCCO1. The van der Waals surface area contributed by atoms with E-state index in [2.05, 4.69) is 10.3 Å². The second-order valence-corrected chi connectivity index (χ2v) is 6.46. The molecule has 10 heteroatoms. The fraction of sp³-hybridized carbons (Fsp3) is 0.412. The van der Waals surface area contributed by atoms with E-state index in [9.17, 15) is 18.8 Å². The first-order chi connectivity index (χ1) is 13.0. The standard InChI is InChI=1S/C17H18FN5O4/c18-11-3-5-12(6-4-11)21-9-14-20-16(25)22(23(14)17(21)26)10-15(24)19-8-13-2-1-7-27-13/h3-6,13H,1-2,7-10H2,(H,19,24). The number of ether oxygens (including phenoxy) is 1. The van der Waals surface area contributed by atoms with E-state index >= 15 is 0 Å². The fourth-order valence-electron chi connectivity index (χ4n) is 3.27. The third-order valence-electron chi connectivity index (χ3n) is 4.63. The normalized spacial score (nSPS) is 18.8. The molecule has 4 rings (SSSR count). The number of hydrogen-bond donors (Lipinski definition) is 1. The van der Waals surface area contributed by atoms with Gasteiger partial charge in [0.1, 0.15) is 12.4 Å². The number of aromatic nitrogens is 3. The minimum absolute atomic E-state index is 0.0163. The number of carbonyl (C=O) groups is 2. The Kier molecular flexibility index (Phi) is 4.48. The minimum Gasteiger partial charge on any atom is -0.376 e. The van der Waals surface area contributed by atoms with E-state index in [1.54, 1.807) is 0 Å². The number of anilines is 1. The van der Waals surface area contributed by atoms with Gasteiger partial charge in [-0.05, 0) is 37.1 Å². The Hall–Kier alpha value is -3.01. The van der Waals surface area contributed by atoms with Crippen molar-refractivity contribution < 1.29 is 18.7 Å². The lowest BCUT2D eigenvalue weighted by Crippen LogP contribution is -2.40. The molecule has 2 aliphatic rings. The van der Waals surface area contributed by atoms with Crippen LogP contribution in [0.3, 0.4) is 0 Å². The molecular formula is C17H18FN5O4. The third kappa shape index (κ3) is 3.35. The van der Waals surface area contributed by atoms with Gasteiger partial charge in [0.2, 0.25) is 5.91 Å². The maximum Gasteiger partial charge on any atom is 0.365 e. The molecule has 0 aliphatic carbocycles. The number of carbonyl (C=O) groups excluding carboxylic acids is 2. The third-order valence-corrected chi connectivity index (χ3v) is 4.63. The molecule has 1 N–H and O–H groups in total. The molecule has 27 heavy (non-hydrogen) atoms. The molecule has 0 radical (unpaired) electrons. The molecule has 1 unspecified atom stereocenters. The number of rotatable bonds is 5.